The molecule has 104 valence electrons. The van der Waals surface area contributed by atoms with Gasteiger partial charge in [0.05, 0.1) is 5.41 Å². The summed E-state index contributed by atoms with van der Waals surface area (Å²) in [5.41, 5.74) is 8.27. The molecule has 0 saturated heterocycles. The Morgan fingerprint density at radius 3 is 2.40 bits per heavy atom. The molecule has 1 atom stereocenters. The van der Waals surface area contributed by atoms with Gasteiger partial charge in [0.1, 0.15) is 0 Å². The van der Waals surface area contributed by atoms with Crippen LogP contribution in [0.15, 0.2) is 48.5 Å². The van der Waals surface area contributed by atoms with E-state index in [9.17, 15) is 8.78 Å². The molecule has 1 saturated carbocycles. The van der Waals surface area contributed by atoms with Crippen LogP contribution in [0.1, 0.15) is 17.5 Å². The van der Waals surface area contributed by atoms with E-state index in [0.29, 0.717) is 5.56 Å². The highest BCUT2D eigenvalue weighted by Crippen LogP contribution is 2.61. The fourth-order valence-corrected chi connectivity index (χ4v) is 2.87. The summed E-state index contributed by atoms with van der Waals surface area (Å²) >= 11 is 0. The van der Waals surface area contributed by atoms with Crippen LogP contribution in [0.25, 0.3) is 11.1 Å². The van der Waals surface area contributed by atoms with Gasteiger partial charge in [0.15, 0.2) is 0 Å². The largest absolute Gasteiger partial charge is 0.329 e. The molecule has 2 N–H and O–H groups in total. The van der Waals surface area contributed by atoms with E-state index in [4.69, 9.17) is 5.73 Å². The first kappa shape index (κ1) is 13.3. The number of alkyl halides is 2. The molecular weight excluding hydrogens is 256 g/mol. The van der Waals surface area contributed by atoms with Crippen LogP contribution in [0.4, 0.5) is 8.78 Å². The Balaban J connectivity index is 2.06. The van der Waals surface area contributed by atoms with Crippen molar-refractivity contribution in [3.8, 4) is 11.1 Å². The molecule has 1 unspecified atom stereocenters. The van der Waals surface area contributed by atoms with Gasteiger partial charge in [-0.2, -0.15) is 0 Å². The lowest BCUT2D eigenvalue weighted by atomic mass is 9.91. The molecule has 20 heavy (non-hydrogen) atoms. The third-order valence-corrected chi connectivity index (χ3v) is 4.32. The molecule has 1 aliphatic rings. The van der Waals surface area contributed by atoms with E-state index >= 15 is 0 Å². The Bertz CT molecular complexity index is 651. The van der Waals surface area contributed by atoms with Crippen LogP contribution >= 0.6 is 0 Å². The summed E-state index contributed by atoms with van der Waals surface area (Å²) in [6, 6.07) is 15.4. The van der Waals surface area contributed by atoms with Gasteiger partial charge in [0.2, 0.25) is 0 Å². The molecule has 0 radical (unpaired) electrons. The normalized spacial score (nSPS) is 23.6. The van der Waals surface area contributed by atoms with Crippen molar-refractivity contribution in [1.82, 2.24) is 0 Å². The minimum Gasteiger partial charge on any atom is -0.329 e. The zero-order chi connectivity index (χ0) is 14.4. The molecule has 0 amide bonds. The number of aryl methyl sites for hydroxylation is 1. The first-order valence-corrected chi connectivity index (χ1v) is 6.75. The van der Waals surface area contributed by atoms with Crippen molar-refractivity contribution >= 4 is 0 Å². The van der Waals surface area contributed by atoms with Gasteiger partial charge in [0.25, 0.3) is 5.92 Å². The number of hydrogen-bond donors (Lipinski definition) is 1. The fourth-order valence-electron chi connectivity index (χ4n) is 2.87. The fraction of sp³-hybridized carbons (Fsp3) is 0.294. The number of rotatable bonds is 3. The third-order valence-electron chi connectivity index (χ3n) is 4.32. The van der Waals surface area contributed by atoms with Crippen molar-refractivity contribution in [2.75, 3.05) is 6.54 Å². The van der Waals surface area contributed by atoms with E-state index in [1.807, 2.05) is 49.4 Å². The topological polar surface area (TPSA) is 26.0 Å². The van der Waals surface area contributed by atoms with E-state index in [1.54, 1.807) is 6.07 Å². The summed E-state index contributed by atoms with van der Waals surface area (Å²) < 4.78 is 27.3. The van der Waals surface area contributed by atoms with E-state index in [-0.39, 0.29) is 13.0 Å². The van der Waals surface area contributed by atoms with Crippen LogP contribution in [-0.4, -0.2) is 12.5 Å². The van der Waals surface area contributed by atoms with Crippen LogP contribution in [0.3, 0.4) is 0 Å². The van der Waals surface area contributed by atoms with E-state index < -0.39 is 11.3 Å². The molecule has 3 rings (SSSR count). The van der Waals surface area contributed by atoms with Gasteiger partial charge in [-0.25, -0.2) is 8.78 Å². The summed E-state index contributed by atoms with van der Waals surface area (Å²) in [6.07, 6.45) is -0.145. The predicted octanol–water partition coefficient (Wildman–Crippen LogP) is 3.90. The lowest BCUT2D eigenvalue weighted by Gasteiger charge is -2.16. The molecule has 3 heteroatoms. The molecule has 0 aromatic heterocycles. The molecule has 1 fully saturated rings. The van der Waals surface area contributed by atoms with Crippen molar-refractivity contribution in [1.29, 1.82) is 0 Å². The van der Waals surface area contributed by atoms with Gasteiger partial charge in [-0.3, -0.25) is 0 Å². The molecule has 2 aromatic carbocycles. The van der Waals surface area contributed by atoms with Gasteiger partial charge in [-0.15, -0.1) is 0 Å². The zero-order valence-electron chi connectivity index (χ0n) is 11.4. The maximum Gasteiger partial charge on any atom is 0.260 e. The molecule has 0 aliphatic heterocycles. The lowest BCUT2D eigenvalue weighted by Crippen LogP contribution is -2.26. The molecule has 0 heterocycles. The molecule has 2 aromatic rings. The maximum absolute atomic E-state index is 13.7. The highest BCUT2D eigenvalue weighted by Gasteiger charge is 2.71. The van der Waals surface area contributed by atoms with Gasteiger partial charge in [-0.1, -0.05) is 48.5 Å². The molecule has 0 spiro atoms. The van der Waals surface area contributed by atoms with E-state index in [2.05, 4.69) is 0 Å². The van der Waals surface area contributed by atoms with Crippen LogP contribution < -0.4 is 5.73 Å². The van der Waals surface area contributed by atoms with Gasteiger partial charge >= 0.3 is 0 Å². The monoisotopic (exact) mass is 273 g/mol. The lowest BCUT2D eigenvalue weighted by molar-refractivity contribution is 0.0896. The summed E-state index contributed by atoms with van der Waals surface area (Å²) in [5, 5.41) is 0. The highest BCUT2D eigenvalue weighted by molar-refractivity contribution is 5.68. The Labute approximate surface area is 117 Å². The standard InChI is InChI=1S/C17H17F2N/c1-12-5-2-3-8-15(12)13-6-4-7-14(9-13)16(11-20)10-17(16,18)19/h2-9H,10-11,20H2,1H3. The van der Waals surface area contributed by atoms with Crippen molar-refractivity contribution in [3.63, 3.8) is 0 Å². The van der Waals surface area contributed by atoms with Crippen LogP contribution in [-0.2, 0) is 5.41 Å². The number of halogens is 2. The van der Waals surface area contributed by atoms with Gasteiger partial charge in [0, 0.05) is 13.0 Å². The molecule has 1 nitrogen and oxygen atoms in total. The Morgan fingerprint density at radius 1 is 1.10 bits per heavy atom. The quantitative estimate of drug-likeness (QED) is 0.902. The van der Waals surface area contributed by atoms with Crippen molar-refractivity contribution in [2.45, 2.75) is 24.7 Å². The van der Waals surface area contributed by atoms with E-state index in [0.717, 1.165) is 16.7 Å². The second-order valence-corrected chi connectivity index (χ2v) is 5.56. The van der Waals surface area contributed by atoms with Gasteiger partial charge < -0.3 is 5.73 Å². The minimum absolute atomic E-state index is 0.0166. The Kier molecular flexibility index (Phi) is 2.91. The van der Waals surface area contributed by atoms with Crippen molar-refractivity contribution in [3.05, 3.63) is 59.7 Å². The van der Waals surface area contributed by atoms with Crippen LogP contribution in [0.2, 0.25) is 0 Å². The van der Waals surface area contributed by atoms with Crippen LogP contribution in [0.5, 0.6) is 0 Å². The molecule has 1 aliphatic carbocycles. The molecule has 0 bridgehead atoms. The Hall–Kier alpha value is -1.74. The predicted molar refractivity (Wildman–Crippen MR) is 76.9 cm³/mol. The summed E-state index contributed by atoms with van der Waals surface area (Å²) in [7, 11) is 0. The number of hydrogen-bond acceptors (Lipinski definition) is 1. The average molecular weight is 273 g/mol. The Morgan fingerprint density at radius 2 is 1.80 bits per heavy atom. The van der Waals surface area contributed by atoms with Gasteiger partial charge in [-0.05, 0) is 29.2 Å². The first-order valence-electron chi connectivity index (χ1n) is 6.75. The summed E-state index contributed by atoms with van der Waals surface area (Å²) in [5.74, 6) is -2.67. The number of benzene rings is 2. The van der Waals surface area contributed by atoms with Crippen molar-refractivity contribution in [2.24, 2.45) is 5.73 Å². The highest BCUT2D eigenvalue weighted by atomic mass is 19.3. The van der Waals surface area contributed by atoms with E-state index in [1.165, 1.54) is 0 Å². The third kappa shape index (κ3) is 1.85. The van der Waals surface area contributed by atoms with Crippen LogP contribution in [0, 0.1) is 6.92 Å². The summed E-state index contributed by atoms with van der Waals surface area (Å²) in [4.78, 5) is 0. The number of nitrogens with two attached hydrogens (primary N) is 1. The second kappa shape index (κ2) is 4.38. The SMILES string of the molecule is Cc1ccccc1-c1cccc(C2(CN)CC2(F)F)c1. The van der Waals surface area contributed by atoms with Crippen molar-refractivity contribution < 1.29 is 8.78 Å². The average Bonchev–Trinajstić information content (AvgIpc) is 3.03. The smallest absolute Gasteiger partial charge is 0.260 e. The molecular formula is C17H17F2N. The maximum atomic E-state index is 13.7. The zero-order valence-corrected chi connectivity index (χ0v) is 11.4. The second-order valence-electron chi connectivity index (χ2n) is 5.56. The minimum atomic E-state index is -2.67. The summed E-state index contributed by atoms with van der Waals surface area (Å²) in [6.45, 7) is 2.00. The first-order chi connectivity index (χ1) is 9.50.